The average molecular weight is 305 g/mol. The summed E-state index contributed by atoms with van der Waals surface area (Å²) in [7, 11) is 0. The van der Waals surface area contributed by atoms with Crippen LogP contribution in [0.3, 0.4) is 0 Å². The molecule has 0 unspecified atom stereocenters. The van der Waals surface area contributed by atoms with E-state index in [1.807, 2.05) is 24.0 Å². The van der Waals surface area contributed by atoms with Crippen molar-refractivity contribution in [3.63, 3.8) is 0 Å². The number of benzene rings is 1. The molecule has 2 rings (SSSR count). The van der Waals surface area contributed by atoms with Crippen molar-refractivity contribution in [2.45, 2.75) is 32.6 Å². The Kier molecular flexibility index (Phi) is 5.81. The van der Waals surface area contributed by atoms with E-state index in [1.54, 1.807) is 12.1 Å². The van der Waals surface area contributed by atoms with Crippen molar-refractivity contribution >= 4 is 11.9 Å². The van der Waals surface area contributed by atoms with E-state index < -0.39 is 5.97 Å². The molecule has 5 heteroatoms. The van der Waals surface area contributed by atoms with E-state index in [1.165, 1.54) is 0 Å². The van der Waals surface area contributed by atoms with Crippen LogP contribution in [-0.2, 0) is 4.79 Å². The van der Waals surface area contributed by atoms with Crippen LogP contribution < -0.4 is 4.74 Å². The van der Waals surface area contributed by atoms with Crippen molar-refractivity contribution in [3.8, 4) is 5.75 Å². The van der Waals surface area contributed by atoms with E-state index in [0.717, 1.165) is 25.0 Å². The van der Waals surface area contributed by atoms with E-state index in [4.69, 9.17) is 9.84 Å². The minimum atomic E-state index is -0.753. The molecule has 1 N–H and O–H groups in total. The number of aliphatic carboxylic acids is 1. The third-order valence-electron chi connectivity index (χ3n) is 4.01. The number of hydrogen-bond donors (Lipinski definition) is 1. The summed E-state index contributed by atoms with van der Waals surface area (Å²) in [5.74, 6) is 0.197. The monoisotopic (exact) mass is 305 g/mol. The van der Waals surface area contributed by atoms with Gasteiger partial charge in [0.2, 0.25) is 0 Å². The molecule has 1 atom stereocenters. The second-order valence-electron chi connectivity index (χ2n) is 5.64. The predicted molar refractivity (Wildman–Crippen MR) is 83.1 cm³/mol. The van der Waals surface area contributed by atoms with Crippen molar-refractivity contribution in [2.24, 2.45) is 5.92 Å². The molecular weight excluding hydrogens is 282 g/mol. The Labute approximate surface area is 130 Å². The van der Waals surface area contributed by atoms with Gasteiger partial charge in [-0.05, 0) is 56.4 Å². The van der Waals surface area contributed by atoms with Crippen LogP contribution in [0.2, 0.25) is 0 Å². The third-order valence-corrected chi connectivity index (χ3v) is 4.01. The minimum Gasteiger partial charge on any atom is -0.494 e. The first-order chi connectivity index (χ1) is 10.6. The highest BCUT2D eigenvalue weighted by Crippen LogP contribution is 2.22. The molecule has 1 aromatic carbocycles. The summed E-state index contributed by atoms with van der Waals surface area (Å²) in [5, 5.41) is 8.89. The lowest BCUT2D eigenvalue weighted by Crippen LogP contribution is -2.32. The van der Waals surface area contributed by atoms with E-state index >= 15 is 0 Å². The standard InChI is InChI=1S/C17H23NO4/c1-2-22-15-7-5-14(6-8-15)17(21)18-10-3-4-13(9-11-18)12-16(19)20/h5-8,13H,2-4,9-12H2,1H3,(H,19,20)/t13-/m0/s1. The van der Waals surface area contributed by atoms with Crippen molar-refractivity contribution in [1.29, 1.82) is 0 Å². The highest BCUT2D eigenvalue weighted by molar-refractivity contribution is 5.94. The van der Waals surface area contributed by atoms with Gasteiger partial charge in [-0.2, -0.15) is 0 Å². The molecule has 1 aliphatic rings. The molecule has 0 spiro atoms. The van der Waals surface area contributed by atoms with E-state index in [2.05, 4.69) is 0 Å². The fourth-order valence-electron chi connectivity index (χ4n) is 2.86. The highest BCUT2D eigenvalue weighted by Gasteiger charge is 2.22. The lowest BCUT2D eigenvalue weighted by Gasteiger charge is -2.20. The van der Waals surface area contributed by atoms with Gasteiger partial charge in [-0.1, -0.05) is 0 Å². The maximum Gasteiger partial charge on any atom is 0.303 e. The fourth-order valence-corrected chi connectivity index (χ4v) is 2.86. The molecule has 1 aliphatic heterocycles. The molecule has 1 saturated heterocycles. The predicted octanol–water partition coefficient (Wildman–Crippen LogP) is 2.80. The average Bonchev–Trinajstić information content (AvgIpc) is 2.73. The minimum absolute atomic E-state index is 0.0130. The summed E-state index contributed by atoms with van der Waals surface area (Å²) in [5.41, 5.74) is 0.653. The Morgan fingerprint density at radius 2 is 1.95 bits per heavy atom. The van der Waals surface area contributed by atoms with Crippen molar-refractivity contribution in [3.05, 3.63) is 29.8 Å². The highest BCUT2D eigenvalue weighted by atomic mass is 16.5. The lowest BCUT2D eigenvalue weighted by atomic mass is 9.97. The summed E-state index contributed by atoms with van der Waals surface area (Å²) in [6.45, 7) is 3.85. The van der Waals surface area contributed by atoms with E-state index in [9.17, 15) is 9.59 Å². The van der Waals surface area contributed by atoms with Gasteiger partial charge in [0.25, 0.3) is 5.91 Å². The summed E-state index contributed by atoms with van der Waals surface area (Å²) < 4.78 is 5.38. The third kappa shape index (κ3) is 4.48. The maximum absolute atomic E-state index is 12.5. The van der Waals surface area contributed by atoms with Gasteiger partial charge in [-0.25, -0.2) is 0 Å². The zero-order valence-electron chi connectivity index (χ0n) is 13.0. The topological polar surface area (TPSA) is 66.8 Å². The molecule has 0 radical (unpaired) electrons. The van der Waals surface area contributed by atoms with Gasteiger partial charge in [-0.15, -0.1) is 0 Å². The van der Waals surface area contributed by atoms with Gasteiger partial charge in [0.05, 0.1) is 6.61 Å². The molecule has 22 heavy (non-hydrogen) atoms. The van der Waals surface area contributed by atoms with Gasteiger partial charge < -0.3 is 14.7 Å². The van der Waals surface area contributed by atoms with Crippen LogP contribution in [0, 0.1) is 5.92 Å². The number of hydrogen-bond acceptors (Lipinski definition) is 3. The summed E-state index contributed by atoms with van der Waals surface area (Å²) in [6, 6.07) is 7.18. The Bertz CT molecular complexity index is 512. The number of nitrogens with zero attached hydrogens (tertiary/aromatic N) is 1. The number of amides is 1. The first-order valence-corrected chi connectivity index (χ1v) is 7.84. The number of rotatable bonds is 5. The molecule has 0 bridgehead atoms. The number of likely N-dealkylation sites (tertiary alicyclic amines) is 1. The normalized spacial score (nSPS) is 18.6. The van der Waals surface area contributed by atoms with Crippen LogP contribution in [0.25, 0.3) is 0 Å². The molecule has 0 aromatic heterocycles. The summed E-state index contributed by atoms with van der Waals surface area (Å²) >= 11 is 0. The van der Waals surface area contributed by atoms with Gasteiger partial charge in [-0.3, -0.25) is 9.59 Å². The van der Waals surface area contributed by atoms with Crippen molar-refractivity contribution in [2.75, 3.05) is 19.7 Å². The fraction of sp³-hybridized carbons (Fsp3) is 0.529. The first kappa shape index (κ1) is 16.3. The van der Waals surface area contributed by atoms with Gasteiger partial charge >= 0.3 is 5.97 Å². The Balaban J connectivity index is 1.95. The molecule has 1 heterocycles. The molecular formula is C17H23NO4. The van der Waals surface area contributed by atoms with Crippen molar-refractivity contribution in [1.82, 2.24) is 4.90 Å². The van der Waals surface area contributed by atoms with E-state index in [-0.39, 0.29) is 18.2 Å². The molecule has 1 aromatic rings. The zero-order chi connectivity index (χ0) is 15.9. The first-order valence-electron chi connectivity index (χ1n) is 7.84. The number of carboxylic acids is 1. The summed E-state index contributed by atoms with van der Waals surface area (Å²) in [4.78, 5) is 25.2. The van der Waals surface area contributed by atoms with Crippen LogP contribution in [0.1, 0.15) is 43.0 Å². The van der Waals surface area contributed by atoms with Crippen LogP contribution in [0.15, 0.2) is 24.3 Å². The SMILES string of the molecule is CCOc1ccc(C(=O)N2CCC[C@H](CC(=O)O)CC2)cc1. The molecule has 1 amide bonds. The Morgan fingerprint density at radius 1 is 1.23 bits per heavy atom. The van der Waals surface area contributed by atoms with Crippen LogP contribution in [0.4, 0.5) is 0 Å². The van der Waals surface area contributed by atoms with Gasteiger partial charge in [0.1, 0.15) is 5.75 Å². The maximum atomic E-state index is 12.5. The number of carbonyl (C=O) groups is 2. The van der Waals surface area contributed by atoms with Crippen LogP contribution in [-0.4, -0.2) is 41.6 Å². The smallest absolute Gasteiger partial charge is 0.303 e. The molecule has 0 aliphatic carbocycles. The zero-order valence-corrected chi connectivity index (χ0v) is 13.0. The summed E-state index contributed by atoms with van der Waals surface area (Å²) in [6.07, 6.45) is 2.69. The molecule has 5 nitrogen and oxygen atoms in total. The van der Waals surface area contributed by atoms with E-state index in [0.29, 0.717) is 25.3 Å². The lowest BCUT2D eigenvalue weighted by molar-refractivity contribution is -0.138. The number of carbonyl (C=O) groups excluding carboxylic acids is 1. The Hall–Kier alpha value is -2.04. The second-order valence-corrected chi connectivity index (χ2v) is 5.64. The van der Waals surface area contributed by atoms with Crippen LogP contribution >= 0.6 is 0 Å². The quantitative estimate of drug-likeness (QED) is 0.908. The van der Waals surface area contributed by atoms with Gasteiger partial charge in [0, 0.05) is 25.1 Å². The Morgan fingerprint density at radius 3 is 2.59 bits per heavy atom. The van der Waals surface area contributed by atoms with Crippen molar-refractivity contribution < 1.29 is 19.4 Å². The largest absolute Gasteiger partial charge is 0.494 e. The van der Waals surface area contributed by atoms with Crippen LogP contribution in [0.5, 0.6) is 5.75 Å². The number of ether oxygens (including phenoxy) is 1. The number of carboxylic acid groups (broad SMARTS) is 1. The molecule has 120 valence electrons. The van der Waals surface area contributed by atoms with Gasteiger partial charge in [0.15, 0.2) is 0 Å². The second kappa shape index (κ2) is 7.82. The molecule has 0 saturated carbocycles. The molecule has 1 fully saturated rings.